The van der Waals surface area contributed by atoms with Gasteiger partial charge in [-0.05, 0) is 12.8 Å². The van der Waals surface area contributed by atoms with E-state index in [9.17, 15) is 19.2 Å². The van der Waals surface area contributed by atoms with Gasteiger partial charge in [0.25, 0.3) is 0 Å². The summed E-state index contributed by atoms with van der Waals surface area (Å²) in [5.41, 5.74) is 0. The third-order valence-electron chi connectivity index (χ3n) is 2.57. The van der Waals surface area contributed by atoms with Gasteiger partial charge in [-0.25, -0.2) is 4.79 Å². The van der Waals surface area contributed by atoms with Gasteiger partial charge in [0.15, 0.2) is 0 Å². The van der Waals surface area contributed by atoms with Gasteiger partial charge in [-0.3, -0.25) is 14.4 Å². The van der Waals surface area contributed by atoms with Crippen molar-refractivity contribution in [1.29, 1.82) is 0 Å². The van der Waals surface area contributed by atoms with Crippen molar-refractivity contribution in [1.82, 2.24) is 10.6 Å². The van der Waals surface area contributed by atoms with Crippen molar-refractivity contribution in [2.24, 2.45) is 0 Å². The molecule has 1 aliphatic rings. The van der Waals surface area contributed by atoms with E-state index in [-0.39, 0.29) is 25.2 Å². The zero-order valence-corrected chi connectivity index (χ0v) is 9.51. The van der Waals surface area contributed by atoms with Crippen LogP contribution in [0.5, 0.6) is 0 Å². The molecule has 1 saturated heterocycles. The lowest BCUT2D eigenvalue weighted by molar-refractivity contribution is -0.143. The summed E-state index contributed by atoms with van der Waals surface area (Å²) in [7, 11) is 0. The third kappa shape index (κ3) is 4.04. The van der Waals surface area contributed by atoms with Gasteiger partial charge in [-0.15, -0.1) is 0 Å². The lowest BCUT2D eigenvalue weighted by Gasteiger charge is -2.16. The van der Waals surface area contributed by atoms with Crippen molar-refractivity contribution in [2.45, 2.75) is 37.8 Å². The summed E-state index contributed by atoms with van der Waals surface area (Å²) in [5, 5.41) is 21.9. The molecule has 0 saturated carbocycles. The Morgan fingerprint density at radius 2 is 2.06 bits per heavy atom. The number of rotatable bonds is 6. The van der Waals surface area contributed by atoms with Crippen molar-refractivity contribution in [3.8, 4) is 0 Å². The van der Waals surface area contributed by atoms with E-state index in [2.05, 4.69) is 10.6 Å². The second kappa shape index (κ2) is 5.99. The van der Waals surface area contributed by atoms with E-state index < -0.39 is 29.9 Å². The molecule has 4 N–H and O–H groups in total. The van der Waals surface area contributed by atoms with Gasteiger partial charge in [-0.2, -0.15) is 0 Å². The second-order valence-corrected chi connectivity index (χ2v) is 3.99. The molecule has 0 aromatic carbocycles. The van der Waals surface area contributed by atoms with Crippen LogP contribution in [-0.4, -0.2) is 46.0 Å². The first-order valence-electron chi connectivity index (χ1n) is 5.44. The Morgan fingerprint density at radius 1 is 1.39 bits per heavy atom. The Morgan fingerprint density at radius 3 is 2.50 bits per heavy atom. The molecule has 1 fully saturated rings. The minimum Gasteiger partial charge on any atom is -0.481 e. The summed E-state index contributed by atoms with van der Waals surface area (Å²) in [5.74, 6) is -3.29. The molecular formula is C10H14N2O6. The van der Waals surface area contributed by atoms with Crippen molar-refractivity contribution in [3.05, 3.63) is 0 Å². The van der Waals surface area contributed by atoms with Crippen molar-refractivity contribution < 1.29 is 29.4 Å². The van der Waals surface area contributed by atoms with E-state index in [1.54, 1.807) is 0 Å². The highest BCUT2D eigenvalue weighted by Gasteiger charge is 2.30. The molecule has 1 rings (SSSR count). The number of amides is 2. The number of hydrogen-bond donors (Lipinski definition) is 4. The topological polar surface area (TPSA) is 133 Å². The van der Waals surface area contributed by atoms with Gasteiger partial charge in [-0.1, -0.05) is 0 Å². The highest BCUT2D eigenvalue weighted by atomic mass is 16.4. The fourth-order valence-electron chi connectivity index (χ4n) is 1.61. The summed E-state index contributed by atoms with van der Waals surface area (Å²) >= 11 is 0. The number of carboxylic acids is 2. The molecular weight excluding hydrogens is 244 g/mol. The maximum atomic E-state index is 11.6. The Balaban J connectivity index is 2.49. The largest absolute Gasteiger partial charge is 0.481 e. The Labute approximate surface area is 102 Å². The van der Waals surface area contributed by atoms with Gasteiger partial charge < -0.3 is 20.8 Å². The fraction of sp³-hybridized carbons (Fsp3) is 0.600. The Bertz CT molecular complexity index is 381. The number of carboxylic acid groups (broad SMARTS) is 2. The first kappa shape index (κ1) is 13.9. The van der Waals surface area contributed by atoms with Crippen molar-refractivity contribution >= 4 is 23.8 Å². The van der Waals surface area contributed by atoms with E-state index >= 15 is 0 Å². The highest BCUT2D eigenvalue weighted by Crippen LogP contribution is 2.07. The minimum absolute atomic E-state index is 0.197. The Kier molecular flexibility index (Phi) is 4.64. The molecule has 100 valence electrons. The fourth-order valence-corrected chi connectivity index (χ4v) is 1.61. The standard InChI is InChI=1S/C10H14N2O6/c13-7-3-1-5(11-7)9(16)12-6(10(17)18)2-4-8(14)15/h5-6H,1-4H2,(H,11,13)(H,12,16)(H,14,15)(H,17,18). The molecule has 0 spiro atoms. The predicted molar refractivity (Wildman–Crippen MR) is 57.6 cm³/mol. The number of nitrogens with one attached hydrogen (secondary N) is 2. The smallest absolute Gasteiger partial charge is 0.326 e. The van der Waals surface area contributed by atoms with Gasteiger partial charge in [0.1, 0.15) is 12.1 Å². The van der Waals surface area contributed by atoms with E-state index in [0.29, 0.717) is 6.42 Å². The Hall–Kier alpha value is -2.12. The molecule has 2 amide bonds. The highest BCUT2D eigenvalue weighted by molar-refractivity contribution is 5.92. The minimum atomic E-state index is -1.30. The lowest BCUT2D eigenvalue weighted by atomic mass is 10.1. The van der Waals surface area contributed by atoms with Crippen LogP contribution < -0.4 is 10.6 Å². The average Bonchev–Trinajstić information content (AvgIpc) is 2.70. The molecule has 1 heterocycles. The quantitative estimate of drug-likeness (QED) is 0.468. The van der Waals surface area contributed by atoms with E-state index in [1.807, 2.05) is 0 Å². The monoisotopic (exact) mass is 258 g/mol. The van der Waals surface area contributed by atoms with Crippen LogP contribution in [0, 0.1) is 0 Å². The van der Waals surface area contributed by atoms with Crippen LogP contribution in [-0.2, 0) is 19.2 Å². The molecule has 2 unspecified atom stereocenters. The number of carbonyl (C=O) groups excluding carboxylic acids is 2. The molecule has 1 aliphatic heterocycles. The van der Waals surface area contributed by atoms with Crippen LogP contribution in [0.4, 0.5) is 0 Å². The molecule has 8 nitrogen and oxygen atoms in total. The summed E-state index contributed by atoms with van der Waals surface area (Å²) in [6, 6.07) is -1.99. The van der Waals surface area contributed by atoms with Crippen LogP contribution in [0.15, 0.2) is 0 Å². The maximum absolute atomic E-state index is 11.6. The molecule has 8 heteroatoms. The van der Waals surface area contributed by atoms with Gasteiger partial charge >= 0.3 is 11.9 Å². The third-order valence-corrected chi connectivity index (χ3v) is 2.57. The van der Waals surface area contributed by atoms with E-state index in [4.69, 9.17) is 10.2 Å². The number of hydrogen-bond acceptors (Lipinski definition) is 4. The van der Waals surface area contributed by atoms with Crippen LogP contribution >= 0.6 is 0 Å². The molecule has 0 bridgehead atoms. The SMILES string of the molecule is O=C(O)CCC(NC(=O)C1CCC(=O)N1)C(=O)O. The predicted octanol–water partition coefficient (Wildman–Crippen LogP) is -1.30. The zero-order chi connectivity index (χ0) is 13.7. The molecule has 0 radical (unpaired) electrons. The number of carbonyl (C=O) groups is 4. The lowest BCUT2D eigenvalue weighted by Crippen LogP contribution is -2.48. The molecule has 2 atom stereocenters. The molecule has 0 aromatic rings. The zero-order valence-electron chi connectivity index (χ0n) is 9.51. The van der Waals surface area contributed by atoms with Gasteiger partial charge in [0.05, 0.1) is 0 Å². The van der Waals surface area contributed by atoms with Crippen LogP contribution in [0.3, 0.4) is 0 Å². The molecule has 0 aliphatic carbocycles. The first-order chi connectivity index (χ1) is 8.40. The van der Waals surface area contributed by atoms with Gasteiger partial charge in [0.2, 0.25) is 11.8 Å². The van der Waals surface area contributed by atoms with Crippen LogP contribution in [0.2, 0.25) is 0 Å². The van der Waals surface area contributed by atoms with Crippen LogP contribution in [0.1, 0.15) is 25.7 Å². The average molecular weight is 258 g/mol. The summed E-state index contributed by atoms with van der Waals surface area (Å²) in [6.07, 6.45) is -0.00771. The summed E-state index contributed by atoms with van der Waals surface area (Å²) < 4.78 is 0. The summed E-state index contributed by atoms with van der Waals surface area (Å²) in [6.45, 7) is 0. The normalized spacial score (nSPS) is 20.0. The first-order valence-corrected chi connectivity index (χ1v) is 5.44. The summed E-state index contributed by atoms with van der Waals surface area (Å²) in [4.78, 5) is 43.7. The van der Waals surface area contributed by atoms with Gasteiger partial charge in [0, 0.05) is 12.8 Å². The van der Waals surface area contributed by atoms with Crippen LogP contribution in [0.25, 0.3) is 0 Å². The molecule has 18 heavy (non-hydrogen) atoms. The second-order valence-electron chi connectivity index (χ2n) is 3.99. The van der Waals surface area contributed by atoms with E-state index in [0.717, 1.165) is 0 Å². The van der Waals surface area contributed by atoms with Crippen molar-refractivity contribution in [2.75, 3.05) is 0 Å². The number of aliphatic carboxylic acids is 2. The van der Waals surface area contributed by atoms with Crippen molar-refractivity contribution in [3.63, 3.8) is 0 Å². The maximum Gasteiger partial charge on any atom is 0.326 e. The van der Waals surface area contributed by atoms with E-state index in [1.165, 1.54) is 0 Å². The molecule has 0 aromatic heterocycles.